The maximum absolute atomic E-state index is 13.2. The van der Waals surface area contributed by atoms with E-state index in [2.05, 4.69) is 131 Å². The highest BCUT2D eigenvalue weighted by atomic mass is 127. The van der Waals surface area contributed by atoms with Crippen LogP contribution < -0.4 is 10.4 Å². The molecular weight excluding hydrogens is 703 g/mol. The maximum atomic E-state index is 13.2. The van der Waals surface area contributed by atoms with E-state index < -0.39 is 25.7 Å². The van der Waals surface area contributed by atoms with Gasteiger partial charge in [-0.2, -0.15) is 0 Å². The molecule has 0 aromatic heterocycles. The second-order valence-corrected chi connectivity index (χ2v) is 18.4. The Kier molecular flexibility index (Phi) is 16.2. The van der Waals surface area contributed by atoms with Crippen LogP contribution in [0.25, 0.3) is 0 Å². The van der Waals surface area contributed by atoms with Crippen LogP contribution in [0.3, 0.4) is 0 Å². The van der Waals surface area contributed by atoms with Crippen LogP contribution >= 0.6 is 22.6 Å². The Morgan fingerprint density at radius 1 is 0.913 bits per heavy atom. The Bertz CT molecular complexity index is 1260. The zero-order valence-corrected chi connectivity index (χ0v) is 32.4. The minimum Gasteiger partial charge on any atom is -0.468 e. The lowest BCUT2D eigenvalue weighted by Crippen LogP contribution is -2.66. The molecule has 2 aromatic carbocycles. The summed E-state index contributed by atoms with van der Waals surface area (Å²) >= 11 is 2.14. The predicted octanol–water partition coefficient (Wildman–Crippen LogP) is 8.96. The summed E-state index contributed by atoms with van der Waals surface area (Å²) in [6.07, 6.45) is 8.22. The molecule has 0 amide bonds. The number of hydrogen-bond donors (Lipinski definition) is 0. The minimum absolute atomic E-state index is 0.0855. The Hall–Kier alpha value is -2.49. The molecule has 2 atom stereocenters. The number of hydrogen-bond acceptors (Lipinski definition) is 5. The molecule has 0 saturated heterocycles. The van der Waals surface area contributed by atoms with E-state index in [-0.39, 0.29) is 23.8 Å². The third-order valence-corrected chi connectivity index (χ3v) is 15.3. The third kappa shape index (κ3) is 9.77. The van der Waals surface area contributed by atoms with E-state index in [4.69, 9.17) is 13.9 Å². The van der Waals surface area contributed by atoms with Crippen molar-refractivity contribution in [3.63, 3.8) is 0 Å². The molecule has 46 heavy (non-hydrogen) atoms. The topological polar surface area (TPSA) is 61.8 Å². The molecule has 0 radical (unpaired) electrons. The molecule has 0 bridgehead atoms. The molecule has 0 N–H and O–H groups in total. The Balaban J connectivity index is 2.42. The minimum atomic E-state index is -2.63. The first-order valence-electron chi connectivity index (χ1n) is 16.3. The zero-order valence-electron chi connectivity index (χ0n) is 29.2. The summed E-state index contributed by atoms with van der Waals surface area (Å²) in [4.78, 5) is 26.3. The van der Waals surface area contributed by atoms with Crippen molar-refractivity contribution >= 4 is 53.2 Å². The van der Waals surface area contributed by atoms with Crippen LogP contribution in [0, 0.1) is 17.3 Å². The van der Waals surface area contributed by atoms with Gasteiger partial charge in [0.2, 0.25) is 0 Å². The quantitative estimate of drug-likeness (QED) is 0.0380. The molecular formula is C39H55IO5Si. The van der Waals surface area contributed by atoms with Crippen LogP contribution in [0.15, 0.2) is 94.6 Å². The number of ether oxygens (including phenoxy) is 2. The second kappa shape index (κ2) is 18.7. The first-order valence-corrected chi connectivity index (χ1v) is 19.4. The van der Waals surface area contributed by atoms with Crippen molar-refractivity contribution in [3.8, 4) is 0 Å². The summed E-state index contributed by atoms with van der Waals surface area (Å²) < 4.78 is 19.4. The molecule has 252 valence electrons. The van der Waals surface area contributed by atoms with Gasteiger partial charge in [0.15, 0.2) is 5.41 Å². The van der Waals surface area contributed by atoms with E-state index in [1.807, 2.05) is 17.1 Å². The number of methoxy groups -OCH3 is 2. The van der Waals surface area contributed by atoms with Crippen LogP contribution in [0.2, 0.25) is 5.04 Å². The molecule has 0 heterocycles. The normalized spacial score (nSPS) is 14.4. The number of carbonyl (C=O) groups is 2. The van der Waals surface area contributed by atoms with E-state index in [1.54, 1.807) is 0 Å². The lowest BCUT2D eigenvalue weighted by molar-refractivity contribution is -0.168. The van der Waals surface area contributed by atoms with Gasteiger partial charge in [0.05, 0.1) is 14.2 Å². The van der Waals surface area contributed by atoms with E-state index >= 15 is 0 Å². The van der Waals surface area contributed by atoms with Gasteiger partial charge in [-0.15, -0.1) is 6.58 Å². The van der Waals surface area contributed by atoms with Crippen LogP contribution in [0.4, 0.5) is 0 Å². The zero-order chi connectivity index (χ0) is 34.4. The molecule has 7 heteroatoms. The fourth-order valence-corrected chi connectivity index (χ4v) is 11.5. The van der Waals surface area contributed by atoms with Crippen molar-refractivity contribution in [3.05, 3.63) is 94.6 Å². The van der Waals surface area contributed by atoms with Gasteiger partial charge in [0.25, 0.3) is 8.32 Å². The molecule has 2 aromatic rings. The van der Waals surface area contributed by atoms with Gasteiger partial charge in [-0.25, -0.2) is 0 Å². The van der Waals surface area contributed by atoms with Gasteiger partial charge in [-0.3, -0.25) is 9.59 Å². The summed E-state index contributed by atoms with van der Waals surface area (Å²) in [6.45, 7) is 17.8. The molecule has 0 fully saturated rings. The number of carbonyl (C=O) groups excluding carboxylic acids is 2. The number of allylic oxidation sites excluding steroid dienone is 4. The first kappa shape index (κ1) is 39.7. The predicted molar refractivity (Wildman–Crippen MR) is 202 cm³/mol. The van der Waals surface area contributed by atoms with Crippen LogP contribution in [0.1, 0.15) is 80.1 Å². The van der Waals surface area contributed by atoms with Crippen LogP contribution in [-0.2, 0) is 23.5 Å². The first-order chi connectivity index (χ1) is 21.8. The molecule has 2 rings (SSSR count). The second-order valence-electron chi connectivity index (χ2n) is 13.5. The molecule has 0 aliphatic carbocycles. The van der Waals surface area contributed by atoms with E-state index in [9.17, 15) is 9.59 Å². The average molecular weight is 759 g/mol. The number of halogens is 1. The number of benzene rings is 2. The van der Waals surface area contributed by atoms with Crippen LogP contribution in [-0.4, -0.2) is 41.1 Å². The largest absolute Gasteiger partial charge is 0.468 e. The SMILES string of the molecule is C=CCC[C@@H](C)[C@H](CCCO[Si](c1ccccc1)(c1ccccc1)C(C)(C)C)/C(C)=C\CC(C/C(C)=C\I)(C(=O)OC)C(=O)OC. The summed E-state index contributed by atoms with van der Waals surface area (Å²) in [5.74, 6) is -0.521. The van der Waals surface area contributed by atoms with Gasteiger partial charge >= 0.3 is 11.9 Å². The Morgan fingerprint density at radius 3 is 1.87 bits per heavy atom. The van der Waals surface area contributed by atoms with Gasteiger partial charge in [0.1, 0.15) is 0 Å². The molecule has 0 aliphatic rings. The van der Waals surface area contributed by atoms with Gasteiger partial charge < -0.3 is 13.9 Å². The molecule has 0 unspecified atom stereocenters. The molecule has 0 aliphatic heterocycles. The summed E-state index contributed by atoms with van der Waals surface area (Å²) in [5.41, 5.74) is 0.645. The van der Waals surface area contributed by atoms with E-state index in [0.717, 1.165) is 36.8 Å². The van der Waals surface area contributed by atoms with Crippen molar-refractivity contribution in [1.82, 2.24) is 0 Å². The average Bonchev–Trinajstić information content (AvgIpc) is 3.06. The van der Waals surface area contributed by atoms with Crippen molar-refractivity contribution in [1.29, 1.82) is 0 Å². The monoisotopic (exact) mass is 758 g/mol. The highest BCUT2D eigenvalue weighted by molar-refractivity contribution is 14.1. The fourth-order valence-electron chi connectivity index (χ4n) is 6.69. The van der Waals surface area contributed by atoms with E-state index in [1.165, 1.54) is 24.6 Å². The van der Waals surface area contributed by atoms with Gasteiger partial charge in [-0.05, 0) is 83.7 Å². The standard InChI is InChI=1S/C39H55IO5Si/c1-10-11-19-31(3)35(32(4)25-26-39(36(41)43-8,37(42)44-9)28-30(2)29-40)24-18-27-45-46(38(5,6)7,33-20-14-12-15-21-33)34-22-16-13-17-23-34/h10,12-17,20-23,25,29,31,35H,1,11,18-19,24,26-28H2,2-9H3/b30-29-,32-25-/t31-,35+/m1/s1. The molecule has 5 nitrogen and oxygen atoms in total. The molecule has 0 spiro atoms. The number of rotatable bonds is 18. The summed E-state index contributed by atoms with van der Waals surface area (Å²) in [5, 5.41) is 2.47. The maximum Gasteiger partial charge on any atom is 0.323 e. The van der Waals surface area contributed by atoms with Crippen molar-refractivity contribution in [2.75, 3.05) is 20.8 Å². The number of esters is 2. The Labute approximate surface area is 293 Å². The highest BCUT2D eigenvalue weighted by Crippen LogP contribution is 2.39. The lowest BCUT2D eigenvalue weighted by atomic mass is 9.76. The lowest BCUT2D eigenvalue weighted by Gasteiger charge is -2.43. The van der Waals surface area contributed by atoms with Crippen molar-refractivity contribution in [2.24, 2.45) is 17.3 Å². The Morgan fingerprint density at radius 2 is 1.43 bits per heavy atom. The van der Waals surface area contributed by atoms with Crippen molar-refractivity contribution in [2.45, 2.75) is 85.1 Å². The van der Waals surface area contributed by atoms with Crippen molar-refractivity contribution < 1.29 is 23.5 Å². The summed E-state index contributed by atoms with van der Waals surface area (Å²) in [6, 6.07) is 21.5. The fraction of sp³-hybridized carbons (Fsp3) is 0.487. The highest BCUT2D eigenvalue weighted by Gasteiger charge is 2.50. The van der Waals surface area contributed by atoms with Gasteiger partial charge in [-0.1, -0.05) is 134 Å². The van der Waals surface area contributed by atoms with Crippen LogP contribution in [0.5, 0.6) is 0 Å². The smallest absolute Gasteiger partial charge is 0.323 e. The third-order valence-electron chi connectivity index (χ3n) is 9.18. The van der Waals surface area contributed by atoms with Gasteiger partial charge in [0, 0.05) is 6.61 Å². The summed E-state index contributed by atoms with van der Waals surface area (Å²) in [7, 11) is 0.0237. The van der Waals surface area contributed by atoms with E-state index in [0.29, 0.717) is 12.5 Å². The molecule has 0 saturated carbocycles.